The fourth-order valence-corrected chi connectivity index (χ4v) is 4.27. The molecule has 0 radical (unpaired) electrons. The predicted octanol–water partition coefficient (Wildman–Crippen LogP) is 2.95. The van der Waals surface area contributed by atoms with Crippen LogP contribution in [0.25, 0.3) is 0 Å². The molecule has 0 N–H and O–H groups in total. The lowest BCUT2D eigenvalue weighted by Gasteiger charge is -2.38. The molecular weight excluding hydrogens is 322 g/mol. The first-order valence-electron chi connectivity index (χ1n) is 9.65. The lowest BCUT2D eigenvalue weighted by molar-refractivity contribution is 0.200. The molecule has 1 aromatic heterocycles. The number of aromatic nitrogens is 2. The second-order valence-corrected chi connectivity index (χ2v) is 7.92. The Kier molecular flexibility index (Phi) is 4.81. The van der Waals surface area contributed by atoms with Crippen molar-refractivity contribution in [1.29, 1.82) is 0 Å². The van der Waals surface area contributed by atoms with Crippen molar-refractivity contribution in [2.45, 2.75) is 32.4 Å². The molecule has 2 unspecified atom stereocenters. The minimum Gasteiger partial charge on any atom is -0.363 e. The molecule has 5 heteroatoms. The zero-order valence-electron chi connectivity index (χ0n) is 16.1. The third-order valence-electron chi connectivity index (χ3n) is 5.85. The third-order valence-corrected chi connectivity index (χ3v) is 5.85. The first-order valence-corrected chi connectivity index (χ1v) is 9.65. The van der Waals surface area contributed by atoms with Crippen molar-refractivity contribution in [2.24, 2.45) is 5.92 Å². The van der Waals surface area contributed by atoms with E-state index in [9.17, 15) is 0 Å². The zero-order valence-corrected chi connectivity index (χ0v) is 16.1. The number of rotatable bonds is 4. The Hall–Kier alpha value is -2.14. The summed E-state index contributed by atoms with van der Waals surface area (Å²) in [7, 11) is 4.05. The number of nitrogens with zero attached hydrogens (tertiary/aromatic N) is 5. The lowest BCUT2D eigenvalue weighted by Crippen LogP contribution is -2.48. The number of benzene rings is 1. The highest BCUT2D eigenvalue weighted by molar-refractivity contribution is 5.43. The molecule has 2 aliphatic rings. The van der Waals surface area contributed by atoms with E-state index in [1.54, 1.807) is 0 Å². The van der Waals surface area contributed by atoms with Crippen LogP contribution in [0.2, 0.25) is 0 Å². The summed E-state index contributed by atoms with van der Waals surface area (Å²) in [4.78, 5) is 16.4. The molecule has 0 bridgehead atoms. The van der Waals surface area contributed by atoms with Gasteiger partial charge in [0.05, 0.1) is 0 Å². The first-order chi connectivity index (χ1) is 12.6. The second-order valence-electron chi connectivity index (χ2n) is 7.92. The normalized spacial score (nSPS) is 23.1. The summed E-state index contributed by atoms with van der Waals surface area (Å²) in [6, 6.07) is 11.6. The zero-order chi connectivity index (χ0) is 18.1. The molecular formula is C21H29N5. The van der Waals surface area contributed by atoms with Crippen molar-refractivity contribution in [3.63, 3.8) is 0 Å². The predicted molar refractivity (Wildman–Crippen MR) is 107 cm³/mol. The summed E-state index contributed by atoms with van der Waals surface area (Å²) in [5, 5.41) is 0. The van der Waals surface area contributed by atoms with Gasteiger partial charge in [0, 0.05) is 46.0 Å². The van der Waals surface area contributed by atoms with E-state index in [0.29, 0.717) is 6.04 Å². The van der Waals surface area contributed by atoms with E-state index in [1.165, 1.54) is 30.5 Å². The number of hydrogen-bond acceptors (Lipinski definition) is 5. The van der Waals surface area contributed by atoms with Gasteiger partial charge in [-0.2, -0.15) is 4.98 Å². The maximum absolute atomic E-state index is 4.75. The smallest absolute Gasteiger partial charge is 0.227 e. The molecule has 2 atom stereocenters. The third kappa shape index (κ3) is 3.54. The van der Waals surface area contributed by atoms with Crippen LogP contribution in [0.4, 0.5) is 11.8 Å². The van der Waals surface area contributed by atoms with E-state index in [4.69, 9.17) is 4.98 Å². The molecule has 5 nitrogen and oxygen atoms in total. The Morgan fingerprint density at radius 1 is 1.08 bits per heavy atom. The minimum atomic E-state index is 0.608. The Morgan fingerprint density at radius 3 is 2.62 bits per heavy atom. The van der Waals surface area contributed by atoms with Gasteiger partial charge in [0.2, 0.25) is 5.95 Å². The Bertz CT molecular complexity index is 742. The van der Waals surface area contributed by atoms with Crippen LogP contribution in [0.5, 0.6) is 0 Å². The van der Waals surface area contributed by atoms with Crippen molar-refractivity contribution >= 4 is 11.8 Å². The summed E-state index contributed by atoms with van der Waals surface area (Å²) in [5.41, 5.74) is 2.74. The summed E-state index contributed by atoms with van der Waals surface area (Å²) in [6.45, 7) is 6.50. The molecule has 2 saturated heterocycles. The van der Waals surface area contributed by atoms with Gasteiger partial charge in [-0.25, -0.2) is 4.98 Å². The van der Waals surface area contributed by atoms with Gasteiger partial charge >= 0.3 is 0 Å². The highest BCUT2D eigenvalue weighted by atomic mass is 15.3. The SMILES string of the molecule is Cc1ccc(CN2CCC3CCN(c4nccc(N(C)C)n4)CC32)cc1. The van der Waals surface area contributed by atoms with Crippen molar-refractivity contribution in [3.8, 4) is 0 Å². The van der Waals surface area contributed by atoms with Gasteiger partial charge in [0.15, 0.2) is 0 Å². The number of fused-ring (bicyclic) bond motifs is 1. The quantitative estimate of drug-likeness (QED) is 0.846. The van der Waals surface area contributed by atoms with Crippen LogP contribution in [-0.2, 0) is 6.54 Å². The highest BCUT2D eigenvalue weighted by Gasteiger charge is 2.38. The summed E-state index contributed by atoms with van der Waals surface area (Å²) in [6.07, 6.45) is 4.44. The molecule has 2 fully saturated rings. The summed E-state index contributed by atoms with van der Waals surface area (Å²) < 4.78 is 0. The van der Waals surface area contributed by atoms with Crippen LogP contribution in [0.15, 0.2) is 36.5 Å². The number of likely N-dealkylation sites (tertiary alicyclic amines) is 1. The van der Waals surface area contributed by atoms with Crippen LogP contribution < -0.4 is 9.80 Å². The summed E-state index contributed by atoms with van der Waals surface area (Å²) in [5.74, 6) is 2.66. The molecule has 0 spiro atoms. The Morgan fingerprint density at radius 2 is 1.85 bits per heavy atom. The molecule has 1 aromatic carbocycles. The van der Waals surface area contributed by atoms with Crippen molar-refractivity contribution in [3.05, 3.63) is 47.7 Å². The van der Waals surface area contributed by atoms with Gasteiger partial charge in [-0.15, -0.1) is 0 Å². The molecule has 138 valence electrons. The monoisotopic (exact) mass is 351 g/mol. The maximum Gasteiger partial charge on any atom is 0.227 e. The van der Waals surface area contributed by atoms with Crippen LogP contribution in [0.3, 0.4) is 0 Å². The largest absolute Gasteiger partial charge is 0.363 e. The standard InChI is InChI=1S/C21H29N5/c1-16-4-6-17(7-5-16)14-25-12-9-18-10-13-26(15-19(18)25)21-22-11-8-20(23-21)24(2)3/h4-8,11,18-19H,9-10,12-15H2,1-3H3. The average Bonchev–Trinajstić information content (AvgIpc) is 3.06. The van der Waals surface area contributed by atoms with Crippen LogP contribution in [-0.4, -0.2) is 54.6 Å². The van der Waals surface area contributed by atoms with E-state index >= 15 is 0 Å². The molecule has 2 aliphatic heterocycles. The van der Waals surface area contributed by atoms with Gasteiger partial charge in [-0.1, -0.05) is 29.8 Å². The topological polar surface area (TPSA) is 35.5 Å². The second kappa shape index (κ2) is 7.23. The van der Waals surface area contributed by atoms with E-state index in [0.717, 1.165) is 37.3 Å². The fourth-order valence-electron chi connectivity index (χ4n) is 4.27. The van der Waals surface area contributed by atoms with Gasteiger partial charge in [-0.3, -0.25) is 4.90 Å². The van der Waals surface area contributed by atoms with Crippen molar-refractivity contribution in [1.82, 2.24) is 14.9 Å². The van der Waals surface area contributed by atoms with Gasteiger partial charge in [-0.05, 0) is 43.9 Å². The maximum atomic E-state index is 4.75. The molecule has 4 rings (SSSR count). The van der Waals surface area contributed by atoms with Crippen LogP contribution in [0.1, 0.15) is 24.0 Å². The van der Waals surface area contributed by atoms with E-state index in [-0.39, 0.29) is 0 Å². The van der Waals surface area contributed by atoms with Crippen molar-refractivity contribution < 1.29 is 0 Å². The Balaban J connectivity index is 1.48. The Labute approximate surface area is 156 Å². The number of piperidine rings is 1. The highest BCUT2D eigenvalue weighted by Crippen LogP contribution is 2.34. The van der Waals surface area contributed by atoms with E-state index in [2.05, 4.69) is 46.0 Å². The molecule has 0 aliphatic carbocycles. The van der Waals surface area contributed by atoms with Crippen molar-refractivity contribution in [2.75, 3.05) is 43.5 Å². The molecule has 26 heavy (non-hydrogen) atoms. The van der Waals surface area contributed by atoms with Crippen LogP contribution in [0, 0.1) is 12.8 Å². The lowest BCUT2D eigenvalue weighted by atomic mass is 9.92. The molecule has 3 heterocycles. The van der Waals surface area contributed by atoms with Gasteiger partial charge < -0.3 is 9.80 Å². The number of anilines is 2. The van der Waals surface area contributed by atoms with Crippen LogP contribution >= 0.6 is 0 Å². The fraction of sp³-hybridized carbons (Fsp3) is 0.524. The molecule has 0 amide bonds. The van der Waals surface area contributed by atoms with Gasteiger partial charge in [0.25, 0.3) is 0 Å². The first kappa shape index (κ1) is 17.3. The average molecular weight is 351 g/mol. The van der Waals surface area contributed by atoms with Gasteiger partial charge in [0.1, 0.15) is 5.82 Å². The number of hydrogen-bond donors (Lipinski definition) is 0. The molecule has 0 saturated carbocycles. The summed E-state index contributed by atoms with van der Waals surface area (Å²) >= 11 is 0. The minimum absolute atomic E-state index is 0.608. The number of aryl methyl sites for hydroxylation is 1. The van der Waals surface area contributed by atoms with E-state index < -0.39 is 0 Å². The molecule has 2 aromatic rings. The van der Waals surface area contributed by atoms with E-state index in [1.807, 2.05) is 31.3 Å².